The number of aliphatic carboxylic acids is 1. The Kier molecular flexibility index (Phi) is 8.21. The monoisotopic (exact) mass is 539 g/mol. The Morgan fingerprint density at radius 1 is 1.03 bits per heavy atom. The first kappa shape index (κ1) is 26.3. The number of hydrogen-bond acceptors (Lipinski definition) is 6. The first-order chi connectivity index (χ1) is 17.7. The Balaban J connectivity index is 1.37. The zero-order chi connectivity index (χ0) is 26.5. The number of carboxylic acids is 1. The molecule has 0 fully saturated rings. The Labute approximate surface area is 222 Å². The number of benzene rings is 3. The number of carboxylic acid groups (broad SMARTS) is 1. The number of aromatic nitrogens is 3. The molecule has 37 heavy (non-hydrogen) atoms. The molecule has 190 valence electrons. The van der Waals surface area contributed by atoms with Gasteiger partial charge in [-0.15, -0.1) is 5.10 Å². The van der Waals surface area contributed by atoms with Gasteiger partial charge in [0.2, 0.25) is 0 Å². The number of rotatable bonds is 10. The molecule has 0 aliphatic rings. The highest BCUT2D eigenvalue weighted by Crippen LogP contribution is 2.24. The third-order valence-electron chi connectivity index (χ3n) is 5.91. The van der Waals surface area contributed by atoms with Crippen molar-refractivity contribution >= 4 is 45.9 Å². The van der Waals surface area contributed by atoms with Crippen LogP contribution in [0.25, 0.3) is 10.9 Å². The molecule has 1 atom stereocenters. The number of Topliss-reactive ketones (excluding diaryl/α,β-unsaturated/α-hetero) is 1. The zero-order valence-corrected chi connectivity index (χ0v) is 21.4. The van der Waals surface area contributed by atoms with Crippen molar-refractivity contribution in [2.24, 2.45) is 5.92 Å². The van der Waals surface area contributed by atoms with Gasteiger partial charge in [0.05, 0.1) is 21.3 Å². The predicted octanol–water partition coefficient (Wildman–Crippen LogP) is 5.35. The van der Waals surface area contributed by atoms with Crippen LogP contribution < -0.4 is 10.3 Å². The quantitative estimate of drug-likeness (QED) is 0.270. The second kappa shape index (κ2) is 11.5. The van der Waals surface area contributed by atoms with Gasteiger partial charge in [-0.25, -0.2) is 4.68 Å². The summed E-state index contributed by atoms with van der Waals surface area (Å²) in [6.45, 7) is 2.18. The molecule has 0 bridgehead atoms. The molecule has 0 aliphatic heterocycles. The van der Waals surface area contributed by atoms with Crippen molar-refractivity contribution < 1.29 is 19.4 Å². The summed E-state index contributed by atoms with van der Waals surface area (Å²) in [6, 6.07) is 16.9. The maximum absolute atomic E-state index is 12.8. The van der Waals surface area contributed by atoms with Crippen molar-refractivity contribution in [2.75, 3.05) is 0 Å². The van der Waals surface area contributed by atoms with E-state index >= 15 is 0 Å². The van der Waals surface area contributed by atoms with Crippen LogP contribution in [0.3, 0.4) is 0 Å². The highest BCUT2D eigenvalue weighted by atomic mass is 35.5. The third kappa shape index (κ3) is 6.53. The van der Waals surface area contributed by atoms with E-state index in [9.17, 15) is 19.5 Å². The fourth-order valence-electron chi connectivity index (χ4n) is 3.80. The number of hydrogen-bond donors (Lipinski definition) is 1. The first-order valence-electron chi connectivity index (χ1n) is 11.5. The Morgan fingerprint density at radius 2 is 1.78 bits per heavy atom. The van der Waals surface area contributed by atoms with Crippen LogP contribution >= 0.6 is 23.2 Å². The largest absolute Gasteiger partial charge is 0.489 e. The number of ether oxygens (including phenoxy) is 1. The van der Waals surface area contributed by atoms with E-state index in [1.807, 2.05) is 6.92 Å². The van der Waals surface area contributed by atoms with Crippen molar-refractivity contribution in [3.8, 4) is 5.75 Å². The van der Waals surface area contributed by atoms with Crippen LogP contribution in [0, 0.1) is 12.8 Å². The fourth-order valence-corrected chi connectivity index (χ4v) is 4.12. The van der Waals surface area contributed by atoms with Gasteiger partial charge in [0.15, 0.2) is 5.78 Å². The number of carbonyl (C=O) groups is 2. The standard InChI is InChI=1S/C27H23Cl2N3O5/c1-16-2-8-21-24(12-16)30-31-32(26(21)34)11-10-19(27(35)36)14-25(33)18-4-6-20(7-5-18)37-15-17-3-9-22(28)23(29)13-17/h2-9,12-13,19H,10-11,14-15H2,1H3,(H,35,36). The van der Waals surface area contributed by atoms with E-state index in [2.05, 4.69) is 10.3 Å². The molecular formula is C27H23Cl2N3O5. The lowest BCUT2D eigenvalue weighted by atomic mass is 9.95. The van der Waals surface area contributed by atoms with Gasteiger partial charge in [0.1, 0.15) is 17.9 Å². The molecular weight excluding hydrogens is 517 g/mol. The predicted molar refractivity (Wildman–Crippen MR) is 140 cm³/mol. The number of ketones is 1. The van der Waals surface area contributed by atoms with Gasteiger partial charge in [-0.2, -0.15) is 0 Å². The summed E-state index contributed by atoms with van der Waals surface area (Å²) in [5.74, 6) is -1.88. The average molecular weight is 540 g/mol. The van der Waals surface area contributed by atoms with Crippen LogP contribution in [0.15, 0.2) is 65.5 Å². The SMILES string of the molecule is Cc1ccc2c(=O)n(CCC(CC(=O)c3ccc(OCc4ccc(Cl)c(Cl)c4)cc3)C(=O)O)nnc2c1. The number of halogens is 2. The molecule has 0 saturated carbocycles. The number of carbonyl (C=O) groups excluding carboxylic acids is 1. The molecule has 8 nitrogen and oxygen atoms in total. The van der Waals surface area contributed by atoms with Gasteiger partial charge in [-0.05, 0) is 73.0 Å². The number of nitrogens with zero attached hydrogens (tertiary/aromatic N) is 3. The summed E-state index contributed by atoms with van der Waals surface area (Å²) in [7, 11) is 0. The first-order valence-corrected chi connectivity index (χ1v) is 12.2. The lowest BCUT2D eigenvalue weighted by molar-refractivity contribution is -0.142. The van der Waals surface area contributed by atoms with Crippen LogP contribution in [0.2, 0.25) is 10.0 Å². The van der Waals surface area contributed by atoms with Crippen molar-refractivity contribution in [2.45, 2.75) is 32.9 Å². The fraction of sp³-hybridized carbons (Fsp3) is 0.222. The van der Waals surface area contributed by atoms with E-state index < -0.39 is 11.9 Å². The van der Waals surface area contributed by atoms with Crippen LogP contribution in [-0.2, 0) is 17.9 Å². The summed E-state index contributed by atoms with van der Waals surface area (Å²) in [6.07, 6.45) is -0.161. The minimum atomic E-state index is -1.12. The molecule has 3 aromatic carbocycles. The van der Waals surface area contributed by atoms with Gasteiger partial charge < -0.3 is 9.84 Å². The molecule has 0 radical (unpaired) electrons. The normalized spacial score (nSPS) is 11.9. The molecule has 0 spiro atoms. The molecule has 1 aromatic heterocycles. The Bertz CT molecular complexity index is 1520. The molecule has 4 aromatic rings. The molecule has 1 N–H and O–H groups in total. The van der Waals surface area contributed by atoms with E-state index in [4.69, 9.17) is 27.9 Å². The molecule has 1 unspecified atom stereocenters. The zero-order valence-electron chi connectivity index (χ0n) is 19.9. The highest BCUT2D eigenvalue weighted by molar-refractivity contribution is 6.42. The van der Waals surface area contributed by atoms with Gasteiger partial charge in [-0.1, -0.05) is 40.5 Å². The maximum Gasteiger partial charge on any atom is 0.307 e. The number of aryl methyl sites for hydroxylation is 2. The van der Waals surface area contributed by atoms with Crippen molar-refractivity contribution in [1.29, 1.82) is 0 Å². The van der Waals surface area contributed by atoms with Crippen LogP contribution in [0.4, 0.5) is 0 Å². The molecule has 0 aliphatic carbocycles. The molecule has 4 rings (SSSR count). The molecule has 10 heteroatoms. The Morgan fingerprint density at radius 3 is 2.49 bits per heavy atom. The smallest absolute Gasteiger partial charge is 0.307 e. The summed E-state index contributed by atoms with van der Waals surface area (Å²) in [5.41, 5.74) is 2.29. The van der Waals surface area contributed by atoms with Gasteiger partial charge in [0, 0.05) is 18.5 Å². The third-order valence-corrected chi connectivity index (χ3v) is 6.65. The van der Waals surface area contributed by atoms with Crippen LogP contribution in [0.1, 0.15) is 34.3 Å². The summed E-state index contributed by atoms with van der Waals surface area (Å²) < 4.78 is 6.86. The minimum Gasteiger partial charge on any atom is -0.489 e. The van der Waals surface area contributed by atoms with Crippen molar-refractivity contribution in [3.63, 3.8) is 0 Å². The minimum absolute atomic E-state index is 0.0292. The second-order valence-electron chi connectivity index (χ2n) is 8.65. The van der Waals surface area contributed by atoms with Gasteiger partial charge in [-0.3, -0.25) is 14.4 Å². The van der Waals surface area contributed by atoms with Crippen LogP contribution in [0.5, 0.6) is 5.75 Å². The van der Waals surface area contributed by atoms with Crippen LogP contribution in [-0.4, -0.2) is 31.9 Å². The average Bonchev–Trinajstić information content (AvgIpc) is 2.88. The lowest BCUT2D eigenvalue weighted by Crippen LogP contribution is -2.27. The van der Waals surface area contributed by atoms with Crippen molar-refractivity contribution in [1.82, 2.24) is 15.0 Å². The molecule has 0 saturated heterocycles. The van der Waals surface area contributed by atoms with E-state index in [0.717, 1.165) is 15.8 Å². The van der Waals surface area contributed by atoms with Gasteiger partial charge >= 0.3 is 5.97 Å². The summed E-state index contributed by atoms with van der Waals surface area (Å²) in [5, 5.41) is 18.9. The second-order valence-corrected chi connectivity index (χ2v) is 9.47. The highest BCUT2D eigenvalue weighted by Gasteiger charge is 2.23. The Hall–Kier alpha value is -3.75. The maximum atomic E-state index is 12.8. The molecule has 0 amide bonds. The summed E-state index contributed by atoms with van der Waals surface area (Å²) >= 11 is 11.9. The topological polar surface area (TPSA) is 111 Å². The molecule has 1 heterocycles. The van der Waals surface area contributed by atoms with E-state index in [1.165, 1.54) is 0 Å². The van der Waals surface area contributed by atoms with E-state index in [0.29, 0.717) is 32.3 Å². The van der Waals surface area contributed by atoms with Gasteiger partial charge in [0.25, 0.3) is 5.56 Å². The van der Waals surface area contributed by atoms with Crippen molar-refractivity contribution in [3.05, 3.63) is 97.8 Å². The summed E-state index contributed by atoms with van der Waals surface area (Å²) in [4.78, 5) is 37.3. The lowest BCUT2D eigenvalue weighted by Gasteiger charge is -2.13. The van der Waals surface area contributed by atoms with E-state index in [-0.39, 0.29) is 37.3 Å². The van der Waals surface area contributed by atoms with E-state index in [1.54, 1.807) is 60.7 Å². The number of fused-ring (bicyclic) bond motifs is 1.